The molecule has 4 aliphatic rings. The maximum absolute atomic E-state index is 12.4. The van der Waals surface area contributed by atoms with Crippen LogP contribution in [0.2, 0.25) is 0 Å². The Bertz CT molecular complexity index is 492. The molecule has 0 radical (unpaired) electrons. The van der Waals surface area contributed by atoms with E-state index >= 15 is 0 Å². The fourth-order valence-electron chi connectivity index (χ4n) is 4.12. The summed E-state index contributed by atoms with van der Waals surface area (Å²) in [6.45, 7) is 3.39. The molecule has 1 aliphatic carbocycles. The summed E-state index contributed by atoms with van der Waals surface area (Å²) in [7, 11) is 1.32. The highest BCUT2D eigenvalue weighted by Gasteiger charge is 2.67. The number of aliphatic hydroxyl groups excluding tert-OH is 1. The van der Waals surface area contributed by atoms with E-state index in [0.717, 1.165) is 0 Å². The van der Waals surface area contributed by atoms with Crippen molar-refractivity contribution in [3.63, 3.8) is 0 Å². The molecule has 0 aromatic heterocycles. The Labute approximate surface area is 128 Å². The Morgan fingerprint density at radius 2 is 2.14 bits per heavy atom. The second kappa shape index (κ2) is 5.26. The number of methoxy groups -OCH3 is 1. The summed E-state index contributed by atoms with van der Waals surface area (Å²) >= 11 is 0. The summed E-state index contributed by atoms with van der Waals surface area (Å²) in [6, 6.07) is 0. The fourth-order valence-corrected chi connectivity index (χ4v) is 4.12. The Kier molecular flexibility index (Phi) is 3.79. The molecular weight excluding hydrogens is 292 g/mol. The van der Waals surface area contributed by atoms with Gasteiger partial charge in [0.05, 0.1) is 18.9 Å². The fraction of sp³-hybridized carbons (Fsp3) is 0.867. The third kappa shape index (κ3) is 2.11. The summed E-state index contributed by atoms with van der Waals surface area (Å²) < 4.78 is 10.4. The number of fused-ring (bicyclic) bond motifs is 3. The Morgan fingerprint density at radius 3 is 2.77 bits per heavy atom. The zero-order valence-corrected chi connectivity index (χ0v) is 13.0. The van der Waals surface area contributed by atoms with E-state index in [9.17, 15) is 14.7 Å². The van der Waals surface area contributed by atoms with Gasteiger partial charge in [0.25, 0.3) is 0 Å². The molecule has 4 fully saturated rings. The third-order valence-electron chi connectivity index (χ3n) is 5.39. The summed E-state index contributed by atoms with van der Waals surface area (Å²) in [5.41, 5.74) is -1.35. The van der Waals surface area contributed by atoms with Crippen molar-refractivity contribution < 1.29 is 33.9 Å². The van der Waals surface area contributed by atoms with E-state index in [1.165, 1.54) is 7.11 Å². The van der Waals surface area contributed by atoms with E-state index in [2.05, 4.69) is 0 Å². The molecule has 1 N–H and O–H groups in total. The van der Waals surface area contributed by atoms with Crippen molar-refractivity contribution in [1.29, 1.82) is 0 Å². The minimum absolute atomic E-state index is 0.0192. The number of carbonyl (C=O) groups excluding carboxylic acids is 2. The number of hydrogen-bond donors (Lipinski definition) is 1. The summed E-state index contributed by atoms with van der Waals surface area (Å²) in [4.78, 5) is 35.4. The molecular formula is C15H22O7. The van der Waals surface area contributed by atoms with Crippen LogP contribution in [0.5, 0.6) is 0 Å². The molecule has 7 nitrogen and oxygen atoms in total. The molecule has 1 saturated carbocycles. The van der Waals surface area contributed by atoms with Gasteiger partial charge in [-0.2, -0.15) is 0 Å². The van der Waals surface area contributed by atoms with Crippen molar-refractivity contribution in [2.24, 2.45) is 17.8 Å². The molecule has 3 aliphatic heterocycles. The zero-order chi connectivity index (χ0) is 16.1. The van der Waals surface area contributed by atoms with Crippen LogP contribution in [0.3, 0.4) is 0 Å². The Balaban J connectivity index is 2.03. The molecule has 4 rings (SSSR count). The minimum atomic E-state index is -1.35. The topological polar surface area (TPSA) is 91.3 Å². The molecule has 4 unspecified atom stereocenters. The van der Waals surface area contributed by atoms with Gasteiger partial charge >= 0.3 is 5.97 Å². The first-order chi connectivity index (χ1) is 10.3. The van der Waals surface area contributed by atoms with E-state index in [1.807, 2.05) is 0 Å². The van der Waals surface area contributed by atoms with Crippen LogP contribution in [0.15, 0.2) is 0 Å². The van der Waals surface area contributed by atoms with Crippen LogP contribution in [0, 0.1) is 17.8 Å². The monoisotopic (exact) mass is 314 g/mol. The average Bonchev–Trinajstić information content (AvgIpc) is 2.71. The number of Topliss-reactive ketones (excluding diaryl/α,β-unsaturated/α-hetero) is 1. The highest BCUT2D eigenvalue weighted by molar-refractivity contribution is 5.84. The van der Waals surface area contributed by atoms with Crippen LogP contribution in [-0.2, 0) is 28.8 Å². The maximum atomic E-state index is 12.4. The Morgan fingerprint density at radius 1 is 1.41 bits per heavy atom. The normalized spacial score (nSPS) is 45.8. The van der Waals surface area contributed by atoms with Gasteiger partial charge in [-0.15, -0.1) is 0 Å². The van der Waals surface area contributed by atoms with Crippen LogP contribution < -0.4 is 0 Å². The SMILES string of the molecule is COC(=O)C(C)C1CCC(=O)C2CC[C@@]3(C)OO[C@]21C(O)O3. The number of ether oxygens (including phenoxy) is 2. The van der Waals surface area contributed by atoms with E-state index in [4.69, 9.17) is 19.2 Å². The van der Waals surface area contributed by atoms with Gasteiger partial charge in [-0.05, 0) is 19.8 Å². The lowest BCUT2D eigenvalue weighted by Gasteiger charge is -2.52. The van der Waals surface area contributed by atoms with Gasteiger partial charge in [0.2, 0.25) is 5.79 Å². The van der Waals surface area contributed by atoms with Crippen molar-refractivity contribution in [2.45, 2.75) is 57.2 Å². The summed E-state index contributed by atoms with van der Waals surface area (Å²) in [6.07, 6.45) is 0.399. The first kappa shape index (κ1) is 15.9. The van der Waals surface area contributed by atoms with E-state index in [1.54, 1.807) is 13.8 Å². The largest absolute Gasteiger partial charge is 0.469 e. The van der Waals surface area contributed by atoms with Gasteiger partial charge in [-0.25, -0.2) is 9.78 Å². The zero-order valence-electron chi connectivity index (χ0n) is 13.0. The summed E-state index contributed by atoms with van der Waals surface area (Å²) in [5.74, 6) is -2.95. The van der Waals surface area contributed by atoms with Crippen molar-refractivity contribution in [2.75, 3.05) is 7.11 Å². The van der Waals surface area contributed by atoms with Gasteiger partial charge in [-0.3, -0.25) is 9.59 Å². The quantitative estimate of drug-likeness (QED) is 0.599. The highest BCUT2D eigenvalue weighted by atomic mass is 17.3. The molecule has 7 heteroatoms. The van der Waals surface area contributed by atoms with Crippen molar-refractivity contribution >= 4 is 11.8 Å². The molecule has 2 bridgehead atoms. The van der Waals surface area contributed by atoms with Crippen molar-refractivity contribution in [1.82, 2.24) is 0 Å². The number of rotatable bonds is 2. The van der Waals surface area contributed by atoms with Gasteiger partial charge in [-0.1, -0.05) is 6.92 Å². The lowest BCUT2D eigenvalue weighted by molar-refractivity contribution is -0.551. The van der Waals surface area contributed by atoms with Crippen LogP contribution in [-0.4, -0.2) is 41.6 Å². The number of hydrogen-bond acceptors (Lipinski definition) is 7. The standard InChI is InChI=1S/C15H22O7/c1-8(12(17)19-3)9-4-5-11(16)10-6-7-14(2)20-13(18)15(9,10)22-21-14/h8-10,13,18H,4-7H2,1-3H3/t8?,9?,10?,13?,14-,15+/m1/s1. The molecule has 1 spiro atoms. The molecule has 0 amide bonds. The first-order valence-corrected chi connectivity index (χ1v) is 7.67. The van der Waals surface area contributed by atoms with Gasteiger partial charge < -0.3 is 14.6 Å². The van der Waals surface area contributed by atoms with Crippen molar-refractivity contribution in [3.8, 4) is 0 Å². The average molecular weight is 314 g/mol. The molecule has 6 atom stereocenters. The lowest BCUT2D eigenvalue weighted by Crippen LogP contribution is -2.66. The number of ketones is 1. The molecule has 0 aromatic rings. The number of esters is 1. The predicted molar refractivity (Wildman–Crippen MR) is 72.0 cm³/mol. The molecule has 22 heavy (non-hydrogen) atoms. The first-order valence-electron chi connectivity index (χ1n) is 7.67. The van der Waals surface area contributed by atoms with Crippen LogP contribution in [0.4, 0.5) is 0 Å². The second-order valence-corrected chi connectivity index (χ2v) is 6.64. The van der Waals surface area contributed by atoms with Crippen molar-refractivity contribution in [3.05, 3.63) is 0 Å². The van der Waals surface area contributed by atoms with E-state index < -0.39 is 41.4 Å². The van der Waals surface area contributed by atoms with Gasteiger partial charge in [0, 0.05) is 18.8 Å². The highest BCUT2D eigenvalue weighted by Crippen LogP contribution is 2.54. The summed E-state index contributed by atoms with van der Waals surface area (Å²) in [5, 5.41) is 10.6. The minimum Gasteiger partial charge on any atom is -0.469 e. The van der Waals surface area contributed by atoms with Crippen LogP contribution in [0.1, 0.15) is 39.5 Å². The van der Waals surface area contributed by atoms with E-state index in [-0.39, 0.29) is 5.78 Å². The second-order valence-electron chi connectivity index (χ2n) is 6.64. The van der Waals surface area contributed by atoms with Crippen LogP contribution in [0.25, 0.3) is 0 Å². The predicted octanol–water partition coefficient (Wildman–Crippen LogP) is 0.936. The third-order valence-corrected chi connectivity index (χ3v) is 5.39. The number of carbonyl (C=O) groups is 2. The molecule has 124 valence electrons. The van der Waals surface area contributed by atoms with Gasteiger partial charge in [0.1, 0.15) is 5.78 Å². The number of aliphatic hydroxyl groups is 1. The Hall–Kier alpha value is -1.02. The van der Waals surface area contributed by atoms with E-state index in [0.29, 0.717) is 25.7 Å². The molecule has 0 aromatic carbocycles. The maximum Gasteiger partial charge on any atom is 0.308 e. The lowest BCUT2D eigenvalue weighted by atomic mass is 9.62. The molecule has 3 saturated heterocycles. The molecule has 3 heterocycles. The van der Waals surface area contributed by atoms with Gasteiger partial charge in [0.15, 0.2) is 11.9 Å². The van der Waals surface area contributed by atoms with Crippen LogP contribution >= 0.6 is 0 Å². The smallest absolute Gasteiger partial charge is 0.308 e.